The number of hydrogen-bond donors (Lipinski definition) is 2. The number of rotatable bonds is 18. The Hall–Kier alpha value is -3.02. The van der Waals surface area contributed by atoms with E-state index in [1.807, 2.05) is 6.92 Å². The first-order valence-electron chi connectivity index (χ1n) is 23.7. The molecule has 9 atom stereocenters. The summed E-state index contributed by atoms with van der Waals surface area (Å²) in [5, 5.41) is 36.3. The molecule has 5 aliphatic rings. The summed E-state index contributed by atoms with van der Waals surface area (Å²) in [4.78, 5) is 23.9. The van der Waals surface area contributed by atoms with Crippen molar-refractivity contribution in [1.82, 2.24) is 9.97 Å². The minimum Gasteiger partial charge on any atom is -0.681 e. The van der Waals surface area contributed by atoms with Crippen LogP contribution in [0, 0.1) is 49.4 Å². The molecule has 6 heterocycles. The SMILES string of the molecule is CCc1c2[n-]c(c1C)/C=C1\[N-]C(=C(C)[C@H]1CC)/C=C1\[N-]C(C3=c4[n-]/c(c(C)c4[C@H](O)[C@@H]3C(O)[O+]3CC3)=C\2)[C@@H](CCC(=O)OC/C=C(/C)CCC[C@@H](C)CCC[C@H](C)CC)[C@@H]1C.[Mg+2]. The van der Waals surface area contributed by atoms with Crippen molar-refractivity contribution < 1.29 is 24.1 Å². The van der Waals surface area contributed by atoms with Crippen LogP contribution in [0.2, 0.25) is 0 Å². The number of carbonyl (C=O) groups excluding carboxylic acids is 1. The largest absolute Gasteiger partial charge is 2.00 e. The van der Waals surface area contributed by atoms with Gasteiger partial charge in [0.2, 0.25) is 13.2 Å². The van der Waals surface area contributed by atoms with Crippen LogP contribution in [0.4, 0.5) is 0 Å². The molecule has 2 saturated heterocycles. The molecule has 7 rings (SSSR count). The zero-order chi connectivity index (χ0) is 43.7. The van der Waals surface area contributed by atoms with Gasteiger partial charge in [-0.25, -0.2) is 0 Å². The van der Waals surface area contributed by atoms with E-state index in [0.717, 1.165) is 99.0 Å². The number of esters is 1. The fourth-order valence-corrected chi connectivity index (χ4v) is 10.6. The molecule has 62 heavy (non-hydrogen) atoms. The average molecular weight is 858 g/mol. The van der Waals surface area contributed by atoms with E-state index in [2.05, 4.69) is 91.0 Å². The first kappa shape index (κ1) is 48.4. The van der Waals surface area contributed by atoms with Gasteiger partial charge in [-0.2, -0.15) is 11.4 Å². The number of ether oxygens (including phenoxy) is 1. The third kappa shape index (κ3) is 10.1. The van der Waals surface area contributed by atoms with Crippen molar-refractivity contribution in [2.45, 2.75) is 158 Å². The summed E-state index contributed by atoms with van der Waals surface area (Å²) in [5.74, 6) is 0.784. The summed E-state index contributed by atoms with van der Waals surface area (Å²) >= 11 is 0. The van der Waals surface area contributed by atoms with Gasteiger partial charge in [0, 0.05) is 6.42 Å². The third-order valence-electron chi connectivity index (χ3n) is 15.0. The first-order chi connectivity index (χ1) is 29.3. The maximum atomic E-state index is 13.5. The number of carbonyl (C=O) groups is 1. The molecule has 0 spiro atoms. The van der Waals surface area contributed by atoms with Crippen LogP contribution in [0.3, 0.4) is 0 Å². The van der Waals surface area contributed by atoms with E-state index in [4.69, 9.17) is 25.3 Å². The Kier molecular flexibility index (Phi) is 16.3. The first-order valence-corrected chi connectivity index (χ1v) is 23.7. The van der Waals surface area contributed by atoms with Crippen molar-refractivity contribution in [1.29, 1.82) is 0 Å². The minimum atomic E-state index is -0.959. The van der Waals surface area contributed by atoms with Crippen LogP contribution in [0.15, 0.2) is 40.4 Å². The molecule has 8 bridgehead atoms. The molecule has 1 aliphatic carbocycles. The van der Waals surface area contributed by atoms with Crippen molar-refractivity contribution >= 4 is 46.7 Å². The summed E-state index contributed by atoms with van der Waals surface area (Å²) in [7, 11) is 0. The van der Waals surface area contributed by atoms with Crippen LogP contribution < -0.4 is 20.7 Å². The van der Waals surface area contributed by atoms with Crippen LogP contribution in [-0.4, -0.2) is 71.4 Å². The second-order valence-corrected chi connectivity index (χ2v) is 19.1. The number of hydrogen-bond acceptors (Lipinski definition) is 4. The zero-order valence-corrected chi connectivity index (χ0v) is 40.9. The summed E-state index contributed by atoms with van der Waals surface area (Å²) in [6.07, 6.45) is 17.7. The fourth-order valence-electron chi connectivity index (χ4n) is 10.6. The van der Waals surface area contributed by atoms with Gasteiger partial charge in [-0.3, -0.25) is 4.79 Å². The van der Waals surface area contributed by atoms with Crippen LogP contribution >= 0.6 is 0 Å². The van der Waals surface area contributed by atoms with Crippen molar-refractivity contribution in [3.63, 3.8) is 0 Å². The molecule has 2 fully saturated rings. The number of aliphatic hydroxyl groups excluding tert-OH is 2. The Morgan fingerprint density at radius 2 is 1.68 bits per heavy atom. The van der Waals surface area contributed by atoms with Gasteiger partial charge in [0.1, 0.15) is 12.5 Å². The Morgan fingerprint density at radius 3 is 2.37 bits per heavy atom. The molecule has 2 aromatic rings. The topological polar surface area (TPSA) is 126 Å². The summed E-state index contributed by atoms with van der Waals surface area (Å²) < 4.78 is 8.76. The van der Waals surface area contributed by atoms with Gasteiger partial charge in [-0.05, 0) is 101 Å². The zero-order valence-electron chi connectivity index (χ0n) is 39.5. The minimum absolute atomic E-state index is 0. The van der Waals surface area contributed by atoms with Gasteiger partial charge in [-0.1, -0.05) is 131 Å². The molecule has 4 aliphatic heterocycles. The van der Waals surface area contributed by atoms with Crippen molar-refractivity contribution in [3.8, 4) is 0 Å². The van der Waals surface area contributed by atoms with Crippen molar-refractivity contribution in [2.24, 2.45) is 35.5 Å². The van der Waals surface area contributed by atoms with E-state index in [1.165, 1.54) is 48.8 Å². The Morgan fingerprint density at radius 1 is 0.952 bits per heavy atom. The quantitative estimate of drug-likeness (QED) is 0.0507. The predicted molar refractivity (Wildman–Crippen MR) is 252 cm³/mol. The van der Waals surface area contributed by atoms with E-state index in [-0.39, 0.29) is 59.8 Å². The molecule has 0 radical (unpaired) electrons. The number of aliphatic hydroxyl groups is 2. The molecule has 9 nitrogen and oxygen atoms in total. The van der Waals surface area contributed by atoms with Gasteiger partial charge in [0.15, 0.2) is 0 Å². The standard InChI is InChI=1S/C52H73N4O5.Mg/c1-11-29(4)16-14-17-30(5)18-15-19-31(6)22-23-60-45(57)21-20-38-34(9)41-26-39-32(7)36(12-2)43(53-39)27-40-33(8)37(13-3)44(54-40)28-42-35(10)46-50(56-42)47(49(38)55-41)48(51(46)58)52(59)61-24-25-61;/h22,26-30,34,36,38,48-49,51-52,58-59H,11-21,23-25H2,1-10H3;/q-3;+2/b31-22-,41-26-,42-28-,43-27-;/t29-,30+,34+,36-,38+,48-,49?,51+,52?;/m1./s1. The van der Waals surface area contributed by atoms with Gasteiger partial charge in [-0.15, -0.1) is 27.8 Å². The van der Waals surface area contributed by atoms with Gasteiger partial charge >= 0.3 is 29.0 Å². The monoisotopic (exact) mass is 858 g/mol. The van der Waals surface area contributed by atoms with Crippen LogP contribution in [-0.2, 0) is 20.3 Å². The summed E-state index contributed by atoms with van der Waals surface area (Å²) in [6.45, 7) is 23.7. The molecule has 2 aromatic heterocycles. The molecule has 0 saturated carbocycles. The number of aromatic nitrogens is 2. The van der Waals surface area contributed by atoms with Crippen LogP contribution in [0.25, 0.3) is 28.4 Å². The van der Waals surface area contributed by atoms with E-state index in [1.54, 1.807) is 0 Å². The predicted octanol–water partition coefficient (Wildman–Crippen LogP) is 9.15. The van der Waals surface area contributed by atoms with Crippen molar-refractivity contribution in [2.75, 3.05) is 19.8 Å². The Balaban J connectivity index is 0.00000641. The Bertz CT molecular complexity index is 2190. The van der Waals surface area contributed by atoms with Gasteiger partial charge in [0.25, 0.3) is 6.29 Å². The molecule has 0 aromatic carbocycles. The van der Waals surface area contributed by atoms with Crippen molar-refractivity contribution in [3.05, 3.63) is 95.4 Å². The maximum Gasteiger partial charge on any atom is 2.00 e. The van der Waals surface area contributed by atoms with Gasteiger partial charge in [0.05, 0.1) is 6.10 Å². The second kappa shape index (κ2) is 20.9. The second-order valence-electron chi connectivity index (χ2n) is 19.1. The molecule has 2 N–H and O–H groups in total. The number of nitrogens with zero attached hydrogens (tertiary/aromatic N) is 4. The number of epoxide rings is 1. The molecular weight excluding hydrogens is 785 g/mol. The normalized spacial score (nSPS) is 27.9. The molecule has 2 unspecified atom stereocenters. The Labute approximate surface area is 387 Å². The molecular formula is C52H73MgN4O5-. The smallest absolute Gasteiger partial charge is 0.681 e. The van der Waals surface area contributed by atoms with E-state index in [9.17, 15) is 15.0 Å². The van der Waals surface area contributed by atoms with E-state index >= 15 is 0 Å². The van der Waals surface area contributed by atoms with Crippen LogP contribution in [0.5, 0.6) is 0 Å². The van der Waals surface area contributed by atoms with Gasteiger partial charge < -0.3 is 39.9 Å². The molecule has 334 valence electrons. The summed E-state index contributed by atoms with van der Waals surface area (Å²) in [6, 6.07) is -0.406. The number of fused-ring (bicyclic) bond motifs is 8. The molecule has 10 heteroatoms. The van der Waals surface area contributed by atoms with Crippen LogP contribution in [0.1, 0.15) is 159 Å². The molecule has 0 amide bonds. The van der Waals surface area contributed by atoms with E-state index in [0.29, 0.717) is 19.6 Å². The third-order valence-corrected chi connectivity index (χ3v) is 15.0. The number of allylic oxidation sites excluding steroid dienone is 4. The van der Waals surface area contributed by atoms with E-state index < -0.39 is 24.4 Å². The summed E-state index contributed by atoms with van der Waals surface area (Å²) in [5.41, 5.74) is 12.0. The maximum absolute atomic E-state index is 13.5. The fraction of sp³-hybridized carbons (Fsp3) is 0.635. The average Bonchev–Trinajstić information content (AvgIpc) is 3.68.